The van der Waals surface area contributed by atoms with Gasteiger partial charge in [0, 0.05) is 12.8 Å². The first kappa shape index (κ1) is 44.8. The van der Waals surface area contributed by atoms with Crippen LogP contribution < -0.4 is 0 Å². The molecule has 0 aliphatic heterocycles. The summed E-state index contributed by atoms with van der Waals surface area (Å²) in [5.41, 5.74) is 9.58. The maximum atomic E-state index is 13.3. The second-order valence-corrected chi connectivity index (χ2v) is 16.9. The van der Waals surface area contributed by atoms with Gasteiger partial charge in [-0.15, -0.1) is 0 Å². The van der Waals surface area contributed by atoms with E-state index in [1.54, 1.807) is 13.8 Å². The molecule has 0 aromatic carbocycles. The summed E-state index contributed by atoms with van der Waals surface area (Å²) in [6, 6.07) is 0. The van der Waals surface area contributed by atoms with Crippen molar-refractivity contribution in [2.75, 3.05) is 0 Å². The molecule has 0 aliphatic rings. The molecule has 268 valence electrons. The maximum absolute atomic E-state index is 13.3. The van der Waals surface area contributed by atoms with Gasteiger partial charge in [-0.1, -0.05) is 93.2 Å². The largest absolute Gasteiger partial charge is 0.270 e. The SMILES string of the molecule is CC(C)=CCCC(C)=CCCC(C)=CCC(/C=C(\C)CCC=C(C)C)(CC=C(C)CCC=C(C)CCC=C(C)C)OS(=O)(=O)C(C)C. The van der Waals surface area contributed by atoms with Gasteiger partial charge in [0.05, 0.1) is 5.25 Å². The van der Waals surface area contributed by atoms with Crippen LogP contribution in [0.5, 0.6) is 0 Å². The van der Waals surface area contributed by atoms with Gasteiger partial charge in [0.25, 0.3) is 10.1 Å². The lowest BCUT2D eigenvalue weighted by molar-refractivity contribution is 0.131. The van der Waals surface area contributed by atoms with Crippen molar-refractivity contribution in [2.24, 2.45) is 0 Å². The third-order valence-corrected chi connectivity index (χ3v) is 10.0. The molecule has 0 aromatic rings. The average Bonchev–Trinajstić information content (AvgIpc) is 2.94. The van der Waals surface area contributed by atoms with Gasteiger partial charge in [-0.3, -0.25) is 4.18 Å². The van der Waals surface area contributed by atoms with Crippen LogP contribution in [-0.4, -0.2) is 19.3 Å². The Morgan fingerprint density at radius 3 is 1.11 bits per heavy atom. The predicted octanol–water partition coefficient (Wildman–Crippen LogP) is 13.8. The fourth-order valence-electron chi connectivity index (χ4n) is 5.10. The van der Waals surface area contributed by atoms with Gasteiger partial charge in [0.2, 0.25) is 0 Å². The molecule has 47 heavy (non-hydrogen) atoms. The van der Waals surface area contributed by atoms with Gasteiger partial charge >= 0.3 is 0 Å². The second kappa shape index (κ2) is 24.0. The first-order chi connectivity index (χ1) is 21.9. The van der Waals surface area contributed by atoms with Gasteiger partial charge in [-0.25, -0.2) is 0 Å². The Morgan fingerprint density at radius 2 is 0.787 bits per heavy atom. The van der Waals surface area contributed by atoms with Crippen LogP contribution in [0.3, 0.4) is 0 Å². The molecule has 0 aliphatic carbocycles. The maximum Gasteiger partial charge on any atom is 0.270 e. The fourth-order valence-corrected chi connectivity index (χ4v) is 5.94. The van der Waals surface area contributed by atoms with Gasteiger partial charge in [-0.05, 0) is 154 Å². The molecule has 0 aromatic heterocycles. The van der Waals surface area contributed by atoms with Crippen molar-refractivity contribution in [3.8, 4) is 0 Å². The van der Waals surface area contributed by atoms with E-state index in [4.69, 9.17) is 4.18 Å². The van der Waals surface area contributed by atoms with Crippen LogP contribution in [0.15, 0.2) is 93.2 Å². The Hall–Kier alpha value is -2.17. The molecule has 4 heteroatoms. The van der Waals surface area contributed by atoms with E-state index in [2.05, 4.69) is 125 Å². The zero-order chi connectivity index (χ0) is 36.0. The van der Waals surface area contributed by atoms with E-state index in [1.807, 2.05) is 0 Å². The molecule has 3 nitrogen and oxygen atoms in total. The van der Waals surface area contributed by atoms with Crippen LogP contribution >= 0.6 is 0 Å². The molecule has 0 heterocycles. The highest BCUT2D eigenvalue weighted by Gasteiger charge is 2.34. The summed E-state index contributed by atoms with van der Waals surface area (Å²) in [7, 11) is -3.76. The highest BCUT2D eigenvalue weighted by molar-refractivity contribution is 7.87. The van der Waals surface area contributed by atoms with Crippen molar-refractivity contribution in [1.29, 1.82) is 0 Å². The standard InChI is InChI=1S/C43H72O3S/c1-34(2)19-14-22-38(9)24-17-26-40(11)29-31-43(46-47(44,45)37(7)8,33-42(13)28-16-21-36(5)6)32-30-41(12)27-18-25-39(10)23-15-20-35(3)4/h19-21,24-25,29-30,33,37H,14-18,22-23,26-28,31-32H2,1-13H3/b38-24?,39-25?,40-29?,41-30?,42-33+. The molecule has 0 spiro atoms. The summed E-state index contributed by atoms with van der Waals surface area (Å²) >= 11 is 0. The predicted molar refractivity (Wildman–Crippen MR) is 210 cm³/mol. The summed E-state index contributed by atoms with van der Waals surface area (Å²) < 4.78 is 32.9. The van der Waals surface area contributed by atoms with Crippen molar-refractivity contribution < 1.29 is 12.6 Å². The normalized spacial score (nSPS) is 15.1. The Kier molecular flexibility index (Phi) is 22.9. The van der Waals surface area contributed by atoms with Crippen molar-refractivity contribution in [2.45, 2.75) is 178 Å². The lowest BCUT2D eigenvalue weighted by Gasteiger charge is -2.31. The first-order valence-electron chi connectivity index (χ1n) is 18.0. The van der Waals surface area contributed by atoms with Crippen LogP contribution in [0.4, 0.5) is 0 Å². The Bertz CT molecular complexity index is 1220. The zero-order valence-electron chi connectivity index (χ0n) is 32.8. The molecular weight excluding hydrogens is 597 g/mol. The average molecular weight is 669 g/mol. The number of hydrogen-bond donors (Lipinski definition) is 0. The van der Waals surface area contributed by atoms with Gasteiger partial charge < -0.3 is 0 Å². The molecule has 0 atom stereocenters. The van der Waals surface area contributed by atoms with E-state index < -0.39 is 21.0 Å². The van der Waals surface area contributed by atoms with E-state index in [-0.39, 0.29) is 0 Å². The lowest BCUT2D eigenvalue weighted by atomic mass is 9.89. The summed E-state index contributed by atoms with van der Waals surface area (Å²) in [4.78, 5) is 0. The van der Waals surface area contributed by atoms with Gasteiger partial charge in [-0.2, -0.15) is 8.42 Å². The first-order valence-corrected chi connectivity index (χ1v) is 19.5. The van der Waals surface area contributed by atoms with Crippen molar-refractivity contribution >= 4 is 10.1 Å². The van der Waals surface area contributed by atoms with E-state index in [0.717, 1.165) is 69.8 Å². The second-order valence-electron chi connectivity index (χ2n) is 14.8. The molecule has 0 saturated carbocycles. The van der Waals surface area contributed by atoms with Crippen LogP contribution in [0, 0.1) is 0 Å². The van der Waals surface area contributed by atoms with Crippen molar-refractivity contribution in [3.05, 3.63) is 93.2 Å². The molecule has 0 amide bonds. The molecule has 0 rings (SSSR count). The molecule has 0 radical (unpaired) electrons. The monoisotopic (exact) mass is 669 g/mol. The molecule has 0 fully saturated rings. The van der Waals surface area contributed by atoms with Gasteiger partial charge in [0.1, 0.15) is 5.60 Å². The van der Waals surface area contributed by atoms with Crippen LogP contribution in [0.25, 0.3) is 0 Å². The summed E-state index contributed by atoms with van der Waals surface area (Å²) in [6.07, 6.45) is 29.1. The zero-order valence-corrected chi connectivity index (χ0v) is 33.6. The van der Waals surface area contributed by atoms with E-state index in [9.17, 15) is 8.42 Å². The Balaban J connectivity index is 6.23. The third kappa shape index (κ3) is 23.7. The highest BCUT2D eigenvalue weighted by atomic mass is 32.2. The minimum absolute atomic E-state index is 0.515. The van der Waals surface area contributed by atoms with Crippen molar-refractivity contribution in [3.63, 3.8) is 0 Å². The highest BCUT2D eigenvalue weighted by Crippen LogP contribution is 2.32. The molecule has 0 unspecified atom stereocenters. The summed E-state index contributed by atoms with van der Waals surface area (Å²) in [5.74, 6) is 0. The Morgan fingerprint density at radius 1 is 0.489 bits per heavy atom. The molecular formula is C43H72O3S. The van der Waals surface area contributed by atoms with Crippen LogP contribution in [0.1, 0.15) is 167 Å². The molecule has 0 bridgehead atoms. The quantitative estimate of drug-likeness (QED) is 0.0804. The number of allylic oxidation sites excluding steroid dienone is 13. The van der Waals surface area contributed by atoms with Crippen LogP contribution in [0.2, 0.25) is 0 Å². The summed E-state index contributed by atoms with van der Waals surface area (Å²) in [6.45, 7) is 27.1. The smallest absolute Gasteiger partial charge is 0.258 e. The number of hydrogen-bond acceptors (Lipinski definition) is 3. The van der Waals surface area contributed by atoms with Crippen molar-refractivity contribution in [1.82, 2.24) is 0 Å². The number of rotatable bonds is 23. The van der Waals surface area contributed by atoms with Crippen LogP contribution in [-0.2, 0) is 14.3 Å². The van der Waals surface area contributed by atoms with E-state index in [0.29, 0.717) is 12.8 Å². The molecule has 0 saturated heterocycles. The Labute approximate surface area is 292 Å². The minimum Gasteiger partial charge on any atom is -0.258 e. The molecule has 0 N–H and O–H groups in total. The third-order valence-electron chi connectivity index (χ3n) is 8.30. The van der Waals surface area contributed by atoms with E-state index in [1.165, 1.54) is 39.0 Å². The van der Waals surface area contributed by atoms with Gasteiger partial charge in [0.15, 0.2) is 0 Å². The summed E-state index contributed by atoms with van der Waals surface area (Å²) in [5, 5.41) is -0.615. The fraction of sp³-hybridized carbons (Fsp3) is 0.628. The lowest BCUT2D eigenvalue weighted by Crippen LogP contribution is -2.35. The minimum atomic E-state index is -3.76. The van der Waals surface area contributed by atoms with E-state index >= 15 is 0 Å². The topological polar surface area (TPSA) is 43.4 Å².